The molecule has 88 valence electrons. The predicted octanol–water partition coefficient (Wildman–Crippen LogP) is 0.797. The summed E-state index contributed by atoms with van der Waals surface area (Å²) in [5, 5.41) is 2.98. The van der Waals surface area contributed by atoms with E-state index in [2.05, 4.69) is 5.32 Å². The summed E-state index contributed by atoms with van der Waals surface area (Å²) < 4.78 is 5.36. The number of amides is 1. The van der Waals surface area contributed by atoms with Crippen molar-refractivity contribution in [1.29, 1.82) is 0 Å². The Morgan fingerprint density at radius 3 is 2.80 bits per heavy atom. The first-order valence-electron chi connectivity index (χ1n) is 5.77. The molecule has 0 aliphatic heterocycles. The normalized spacial score (nSPS) is 28.5. The maximum atomic E-state index is 11.6. The van der Waals surface area contributed by atoms with E-state index in [4.69, 9.17) is 10.5 Å². The first-order valence-corrected chi connectivity index (χ1v) is 5.77. The SMILES string of the molecule is CC[C@H](N)C(=O)NC1CCCCC1OC. The molecule has 0 spiro atoms. The summed E-state index contributed by atoms with van der Waals surface area (Å²) in [4.78, 5) is 11.6. The fourth-order valence-electron chi connectivity index (χ4n) is 2.02. The van der Waals surface area contributed by atoms with Gasteiger partial charge in [0.2, 0.25) is 5.91 Å². The molecule has 0 aromatic carbocycles. The molecular weight excluding hydrogens is 192 g/mol. The lowest BCUT2D eigenvalue weighted by atomic mass is 9.92. The lowest BCUT2D eigenvalue weighted by molar-refractivity contribution is -0.124. The van der Waals surface area contributed by atoms with Gasteiger partial charge < -0.3 is 15.8 Å². The fraction of sp³-hybridized carbons (Fsp3) is 0.909. The van der Waals surface area contributed by atoms with Crippen LogP contribution in [0.25, 0.3) is 0 Å². The fourth-order valence-corrected chi connectivity index (χ4v) is 2.02. The monoisotopic (exact) mass is 214 g/mol. The Hall–Kier alpha value is -0.610. The van der Waals surface area contributed by atoms with E-state index in [1.807, 2.05) is 6.92 Å². The van der Waals surface area contributed by atoms with Crippen LogP contribution in [-0.4, -0.2) is 31.2 Å². The zero-order chi connectivity index (χ0) is 11.3. The number of carbonyl (C=O) groups is 1. The van der Waals surface area contributed by atoms with Gasteiger partial charge in [-0.25, -0.2) is 0 Å². The molecule has 0 aromatic heterocycles. The molecule has 0 heterocycles. The van der Waals surface area contributed by atoms with E-state index in [1.54, 1.807) is 7.11 Å². The summed E-state index contributed by atoms with van der Waals surface area (Å²) in [7, 11) is 1.70. The number of carbonyl (C=O) groups excluding carboxylic acids is 1. The second-order valence-corrected chi connectivity index (χ2v) is 4.19. The van der Waals surface area contributed by atoms with Crippen molar-refractivity contribution in [3.05, 3.63) is 0 Å². The number of hydrogen-bond donors (Lipinski definition) is 2. The van der Waals surface area contributed by atoms with Gasteiger partial charge in [-0.3, -0.25) is 4.79 Å². The van der Waals surface area contributed by atoms with Crippen molar-refractivity contribution in [3.8, 4) is 0 Å². The van der Waals surface area contributed by atoms with Gasteiger partial charge in [0.1, 0.15) is 0 Å². The van der Waals surface area contributed by atoms with Crippen molar-refractivity contribution in [2.75, 3.05) is 7.11 Å². The summed E-state index contributed by atoms with van der Waals surface area (Å²) in [6.45, 7) is 1.92. The van der Waals surface area contributed by atoms with Crippen LogP contribution in [0.1, 0.15) is 39.0 Å². The van der Waals surface area contributed by atoms with Gasteiger partial charge in [-0.1, -0.05) is 19.8 Å². The lowest BCUT2D eigenvalue weighted by Crippen LogP contribution is -2.51. The van der Waals surface area contributed by atoms with Crippen LogP contribution in [0.15, 0.2) is 0 Å². The standard InChI is InChI=1S/C11H22N2O2/c1-3-8(12)11(14)13-9-6-4-5-7-10(9)15-2/h8-10H,3-7,12H2,1-2H3,(H,13,14)/t8-,9?,10?/m0/s1. The zero-order valence-electron chi connectivity index (χ0n) is 9.66. The summed E-state index contributed by atoms with van der Waals surface area (Å²) >= 11 is 0. The Morgan fingerprint density at radius 1 is 1.53 bits per heavy atom. The Kier molecular flexibility index (Phi) is 5.05. The van der Waals surface area contributed by atoms with Crippen LogP contribution in [-0.2, 0) is 9.53 Å². The summed E-state index contributed by atoms with van der Waals surface area (Å²) in [5.74, 6) is -0.0496. The Labute approximate surface area is 91.5 Å². The molecule has 3 N–H and O–H groups in total. The summed E-state index contributed by atoms with van der Waals surface area (Å²) in [5.41, 5.74) is 5.67. The lowest BCUT2D eigenvalue weighted by Gasteiger charge is -2.31. The van der Waals surface area contributed by atoms with E-state index < -0.39 is 0 Å². The molecule has 1 saturated carbocycles. The third-order valence-electron chi connectivity index (χ3n) is 3.11. The summed E-state index contributed by atoms with van der Waals surface area (Å²) in [6.07, 6.45) is 5.21. The minimum absolute atomic E-state index is 0.0496. The molecule has 3 atom stereocenters. The van der Waals surface area contributed by atoms with E-state index in [-0.39, 0.29) is 24.1 Å². The van der Waals surface area contributed by atoms with Crippen LogP contribution in [0, 0.1) is 0 Å². The second-order valence-electron chi connectivity index (χ2n) is 4.19. The number of methoxy groups -OCH3 is 1. The van der Waals surface area contributed by atoms with Gasteiger partial charge in [-0.2, -0.15) is 0 Å². The molecule has 0 saturated heterocycles. The zero-order valence-corrected chi connectivity index (χ0v) is 9.66. The van der Waals surface area contributed by atoms with Crippen LogP contribution < -0.4 is 11.1 Å². The van der Waals surface area contributed by atoms with E-state index in [0.717, 1.165) is 19.3 Å². The second kappa shape index (κ2) is 6.08. The van der Waals surface area contributed by atoms with Crippen molar-refractivity contribution >= 4 is 5.91 Å². The van der Waals surface area contributed by atoms with Crippen LogP contribution >= 0.6 is 0 Å². The Bertz CT molecular complexity index is 209. The molecule has 0 bridgehead atoms. The van der Waals surface area contributed by atoms with Crippen LogP contribution in [0.2, 0.25) is 0 Å². The third-order valence-corrected chi connectivity index (χ3v) is 3.11. The number of hydrogen-bond acceptors (Lipinski definition) is 3. The van der Waals surface area contributed by atoms with E-state index in [9.17, 15) is 4.79 Å². The van der Waals surface area contributed by atoms with Crippen LogP contribution in [0.3, 0.4) is 0 Å². The number of nitrogens with two attached hydrogens (primary N) is 1. The quantitative estimate of drug-likeness (QED) is 0.727. The van der Waals surface area contributed by atoms with Gasteiger partial charge in [-0.15, -0.1) is 0 Å². The van der Waals surface area contributed by atoms with Crippen molar-refractivity contribution in [2.24, 2.45) is 5.73 Å². The third kappa shape index (κ3) is 3.47. The smallest absolute Gasteiger partial charge is 0.237 e. The Balaban J connectivity index is 2.44. The highest BCUT2D eigenvalue weighted by Crippen LogP contribution is 2.20. The van der Waals surface area contributed by atoms with E-state index >= 15 is 0 Å². The van der Waals surface area contributed by atoms with Gasteiger partial charge in [0.25, 0.3) is 0 Å². The molecule has 15 heavy (non-hydrogen) atoms. The molecule has 0 radical (unpaired) electrons. The van der Waals surface area contributed by atoms with Gasteiger partial charge in [0, 0.05) is 7.11 Å². The van der Waals surface area contributed by atoms with Crippen molar-refractivity contribution in [1.82, 2.24) is 5.32 Å². The first-order chi connectivity index (χ1) is 7.19. The highest BCUT2D eigenvalue weighted by atomic mass is 16.5. The average Bonchev–Trinajstić information content (AvgIpc) is 2.28. The molecule has 1 amide bonds. The van der Waals surface area contributed by atoms with E-state index in [1.165, 1.54) is 6.42 Å². The van der Waals surface area contributed by atoms with Gasteiger partial charge in [0.15, 0.2) is 0 Å². The first kappa shape index (κ1) is 12.5. The van der Waals surface area contributed by atoms with Crippen LogP contribution in [0.5, 0.6) is 0 Å². The van der Waals surface area contributed by atoms with Gasteiger partial charge >= 0.3 is 0 Å². The van der Waals surface area contributed by atoms with Crippen LogP contribution in [0.4, 0.5) is 0 Å². The maximum absolute atomic E-state index is 11.6. The molecular formula is C11H22N2O2. The minimum atomic E-state index is -0.385. The molecule has 4 nitrogen and oxygen atoms in total. The molecule has 4 heteroatoms. The minimum Gasteiger partial charge on any atom is -0.379 e. The molecule has 1 aliphatic carbocycles. The Morgan fingerprint density at radius 2 is 2.20 bits per heavy atom. The maximum Gasteiger partial charge on any atom is 0.237 e. The summed E-state index contributed by atoms with van der Waals surface area (Å²) in [6, 6.07) is -0.238. The predicted molar refractivity (Wildman–Crippen MR) is 59.5 cm³/mol. The van der Waals surface area contributed by atoms with Crippen molar-refractivity contribution < 1.29 is 9.53 Å². The van der Waals surface area contributed by atoms with Crippen molar-refractivity contribution in [2.45, 2.75) is 57.2 Å². The van der Waals surface area contributed by atoms with Crippen molar-refractivity contribution in [3.63, 3.8) is 0 Å². The highest BCUT2D eigenvalue weighted by Gasteiger charge is 2.27. The number of rotatable bonds is 4. The van der Waals surface area contributed by atoms with Gasteiger partial charge in [-0.05, 0) is 19.3 Å². The average molecular weight is 214 g/mol. The molecule has 1 rings (SSSR count). The van der Waals surface area contributed by atoms with E-state index in [0.29, 0.717) is 6.42 Å². The number of ether oxygens (including phenoxy) is 1. The van der Waals surface area contributed by atoms with Gasteiger partial charge in [0.05, 0.1) is 18.2 Å². The highest BCUT2D eigenvalue weighted by molar-refractivity contribution is 5.81. The topological polar surface area (TPSA) is 64.4 Å². The number of nitrogens with one attached hydrogen (secondary N) is 1. The molecule has 0 aromatic rings. The molecule has 1 fully saturated rings. The largest absolute Gasteiger partial charge is 0.379 e. The molecule has 2 unspecified atom stereocenters. The molecule has 1 aliphatic rings.